The molecule has 1 aromatic rings. The van der Waals surface area contributed by atoms with Crippen molar-refractivity contribution >= 4 is 5.69 Å². The van der Waals surface area contributed by atoms with Crippen molar-refractivity contribution in [2.45, 2.75) is 26.2 Å². The monoisotopic (exact) mass is 218 g/mol. The van der Waals surface area contributed by atoms with Gasteiger partial charge in [-0.05, 0) is 56.3 Å². The zero-order valence-electron chi connectivity index (χ0n) is 10.2. The van der Waals surface area contributed by atoms with Gasteiger partial charge < -0.3 is 10.6 Å². The molecule has 0 radical (unpaired) electrons. The van der Waals surface area contributed by atoms with Crippen LogP contribution >= 0.6 is 0 Å². The van der Waals surface area contributed by atoms with Crippen molar-refractivity contribution < 1.29 is 0 Å². The Balaban J connectivity index is 2.03. The van der Waals surface area contributed by atoms with E-state index in [0.717, 1.165) is 25.4 Å². The van der Waals surface area contributed by atoms with Crippen LogP contribution in [0.2, 0.25) is 0 Å². The van der Waals surface area contributed by atoms with E-state index in [-0.39, 0.29) is 0 Å². The minimum atomic E-state index is 0.785. The number of nitrogens with zero attached hydrogens (tertiary/aromatic N) is 1. The van der Waals surface area contributed by atoms with E-state index < -0.39 is 0 Å². The van der Waals surface area contributed by atoms with Gasteiger partial charge in [-0.15, -0.1) is 0 Å². The summed E-state index contributed by atoms with van der Waals surface area (Å²) in [6.07, 6.45) is 3.90. The minimum Gasteiger partial charge on any atom is -0.371 e. The summed E-state index contributed by atoms with van der Waals surface area (Å²) in [6.45, 7) is 5.24. The van der Waals surface area contributed by atoms with Gasteiger partial charge in [0, 0.05) is 18.8 Å². The molecule has 88 valence electrons. The normalized spacial score (nSPS) is 15.1. The summed E-state index contributed by atoms with van der Waals surface area (Å²) in [5.74, 6) is 0.929. The van der Waals surface area contributed by atoms with Gasteiger partial charge in [0.25, 0.3) is 0 Å². The summed E-state index contributed by atoms with van der Waals surface area (Å²) < 4.78 is 0. The van der Waals surface area contributed by atoms with Gasteiger partial charge in [-0.1, -0.05) is 12.1 Å². The predicted octanol–water partition coefficient (Wildman–Crippen LogP) is 2.56. The van der Waals surface area contributed by atoms with E-state index in [1.54, 1.807) is 0 Å². The molecule has 0 bridgehead atoms. The number of anilines is 1. The number of nitrogens with two attached hydrogens (primary N) is 1. The van der Waals surface area contributed by atoms with Crippen LogP contribution in [0.25, 0.3) is 0 Å². The molecule has 0 amide bonds. The van der Waals surface area contributed by atoms with Gasteiger partial charge in [-0.2, -0.15) is 0 Å². The number of hydrogen-bond donors (Lipinski definition) is 1. The highest BCUT2D eigenvalue weighted by Gasteiger charge is 2.24. The van der Waals surface area contributed by atoms with Gasteiger partial charge in [0.15, 0.2) is 0 Å². The highest BCUT2D eigenvalue weighted by atomic mass is 15.1. The molecule has 1 aromatic carbocycles. The van der Waals surface area contributed by atoms with E-state index in [1.165, 1.54) is 30.6 Å². The molecule has 2 heteroatoms. The topological polar surface area (TPSA) is 29.3 Å². The lowest BCUT2D eigenvalue weighted by Crippen LogP contribution is -2.28. The molecular formula is C14H22N2. The van der Waals surface area contributed by atoms with E-state index >= 15 is 0 Å². The fourth-order valence-electron chi connectivity index (χ4n) is 2.04. The molecule has 0 spiro atoms. The van der Waals surface area contributed by atoms with Crippen molar-refractivity contribution in [3.05, 3.63) is 29.8 Å². The molecule has 0 saturated heterocycles. The Morgan fingerprint density at radius 2 is 2.19 bits per heavy atom. The Morgan fingerprint density at radius 3 is 2.81 bits per heavy atom. The van der Waals surface area contributed by atoms with E-state index in [1.807, 2.05) is 0 Å². The molecule has 1 aliphatic carbocycles. The summed E-state index contributed by atoms with van der Waals surface area (Å²) in [5.41, 5.74) is 8.30. The Hall–Kier alpha value is -1.02. The molecule has 2 N–H and O–H groups in total. The second-order valence-electron chi connectivity index (χ2n) is 4.87. The zero-order chi connectivity index (χ0) is 11.4. The maximum absolute atomic E-state index is 5.60. The third kappa shape index (κ3) is 3.24. The molecule has 2 nitrogen and oxygen atoms in total. The number of benzene rings is 1. The van der Waals surface area contributed by atoms with E-state index in [2.05, 4.69) is 36.1 Å². The number of hydrogen-bond acceptors (Lipinski definition) is 2. The van der Waals surface area contributed by atoms with Gasteiger partial charge in [0.2, 0.25) is 0 Å². The van der Waals surface area contributed by atoms with Crippen LogP contribution in [0, 0.1) is 12.8 Å². The van der Waals surface area contributed by atoms with Crippen LogP contribution in [-0.2, 0) is 0 Å². The molecule has 0 heterocycles. The Kier molecular flexibility index (Phi) is 3.83. The van der Waals surface area contributed by atoms with E-state index in [0.29, 0.717) is 0 Å². The quantitative estimate of drug-likeness (QED) is 0.795. The van der Waals surface area contributed by atoms with Gasteiger partial charge in [0.1, 0.15) is 0 Å². The van der Waals surface area contributed by atoms with Crippen molar-refractivity contribution in [1.82, 2.24) is 0 Å². The first kappa shape index (κ1) is 11.5. The molecule has 1 saturated carbocycles. The lowest BCUT2D eigenvalue weighted by atomic mass is 10.2. The highest BCUT2D eigenvalue weighted by molar-refractivity contribution is 5.48. The van der Waals surface area contributed by atoms with Crippen LogP contribution < -0.4 is 10.6 Å². The second kappa shape index (κ2) is 5.35. The Morgan fingerprint density at radius 1 is 1.38 bits per heavy atom. The summed E-state index contributed by atoms with van der Waals surface area (Å²) >= 11 is 0. The third-order valence-corrected chi connectivity index (χ3v) is 3.17. The Bertz CT molecular complexity index is 331. The van der Waals surface area contributed by atoms with Crippen LogP contribution in [-0.4, -0.2) is 19.6 Å². The first-order chi connectivity index (χ1) is 7.79. The third-order valence-electron chi connectivity index (χ3n) is 3.17. The summed E-state index contributed by atoms with van der Waals surface area (Å²) in [6, 6.07) is 8.79. The lowest BCUT2D eigenvalue weighted by Gasteiger charge is -2.25. The average molecular weight is 218 g/mol. The zero-order valence-corrected chi connectivity index (χ0v) is 10.2. The fraction of sp³-hybridized carbons (Fsp3) is 0.571. The van der Waals surface area contributed by atoms with Crippen molar-refractivity contribution in [2.24, 2.45) is 11.7 Å². The van der Waals surface area contributed by atoms with Gasteiger partial charge in [-0.25, -0.2) is 0 Å². The molecule has 1 aliphatic rings. The largest absolute Gasteiger partial charge is 0.371 e. The minimum absolute atomic E-state index is 0.785. The molecule has 16 heavy (non-hydrogen) atoms. The summed E-state index contributed by atoms with van der Waals surface area (Å²) in [7, 11) is 0. The van der Waals surface area contributed by atoms with Crippen LogP contribution in [0.3, 0.4) is 0 Å². The summed E-state index contributed by atoms with van der Waals surface area (Å²) in [5, 5.41) is 0. The molecular weight excluding hydrogens is 196 g/mol. The van der Waals surface area contributed by atoms with E-state index in [9.17, 15) is 0 Å². The molecule has 2 rings (SSSR count). The second-order valence-corrected chi connectivity index (χ2v) is 4.87. The van der Waals surface area contributed by atoms with Gasteiger partial charge in [-0.3, -0.25) is 0 Å². The molecule has 0 aliphatic heterocycles. The molecule has 0 unspecified atom stereocenters. The van der Waals surface area contributed by atoms with Crippen molar-refractivity contribution in [3.63, 3.8) is 0 Å². The van der Waals surface area contributed by atoms with Gasteiger partial charge in [0.05, 0.1) is 0 Å². The fourth-order valence-corrected chi connectivity index (χ4v) is 2.04. The smallest absolute Gasteiger partial charge is 0.0368 e. The SMILES string of the molecule is Cc1cccc(N(CCCN)CC2CC2)c1. The molecule has 0 atom stereocenters. The Labute approximate surface area is 98.4 Å². The van der Waals surface area contributed by atoms with Crippen LogP contribution in [0.1, 0.15) is 24.8 Å². The van der Waals surface area contributed by atoms with Crippen LogP contribution in [0.15, 0.2) is 24.3 Å². The van der Waals surface area contributed by atoms with Crippen molar-refractivity contribution in [3.8, 4) is 0 Å². The number of rotatable bonds is 6. The highest BCUT2D eigenvalue weighted by Crippen LogP contribution is 2.31. The maximum Gasteiger partial charge on any atom is 0.0368 e. The lowest BCUT2D eigenvalue weighted by molar-refractivity contribution is 0.691. The van der Waals surface area contributed by atoms with Crippen LogP contribution in [0.4, 0.5) is 5.69 Å². The average Bonchev–Trinajstić information content (AvgIpc) is 3.08. The summed E-state index contributed by atoms with van der Waals surface area (Å²) in [4.78, 5) is 2.50. The predicted molar refractivity (Wildman–Crippen MR) is 69.8 cm³/mol. The van der Waals surface area contributed by atoms with Crippen molar-refractivity contribution in [2.75, 3.05) is 24.5 Å². The number of aryl methyl sites for hydroxylation is 1. The molecule has 0 aromatic heterocycles. The van der Waals surface area contributed by atoms with E-state index in [4.69, 9.17) is 5.73 Å². The van der Waals surface area contributed by atoms with Crippen LogP contribution in [0.5, 0.6) is 0 Å². The van der Waals surface area contributed by atoms with Crippen molar-refractivity contribution in [1.29, 1.82) is 0 Å². The van der Waals surface area contributed by atoms with Gasteiger partial charge >= 0.3 is 0 Å². The standard InChI is InChI=1S/C14H22N2/c1-12-4-2-5-14(10-12)16(9-3-8-15)11-13-6-7-13/h2,4-5,10,13H,3,6-9,11,15H2,1H3. The first-order valence-electron chi connectivity index (χ1n) is 6.31. The molecule has 1 fully saturated rings. The first-order valence-corrected chi connectivity index (χ1v) is 6.31. The maximum atomic E-state index is 5.60.